The Balaban J connectivity index is 2.12. The van der Waals surface area contributed by atoms with E-state index in [1.54, 1.807) is 6.20 Å². The first-order valence-electron chi connectivity index (χ1n) is 5.88. The van der Waals surface area contributed by atoms with Gasteiger partial charge in [-0.3, -0.25) is 0 Å². The van der Waals surface area contributed by atoms with Crippen LogP contribution in [0.2, 0.25) is 5.02 Å². The van der Waals surface area contributed by atoms with Crippen molar-refractivity contribution in [1.29, 1.82) is 0 Å². The molecule has 0 aliphatic heterocycles. The lowest BCUT2D eigenvalue weighted by Crippen LogP contribution is -2.13. The fraction of sp³-hybridized carbons (Fsp3) is 0.214. The summed E-state index contributed by atoms with van der Waals surface area (Å²) in [7, 11) is 3.96. The largest absolute Gasteiger partial charge is 0.378 e. The summed E-state index contributed by atoms with van der Waals surface area (Å²) in [6, 6.07) is 9.85. The molecule has 0 saturated carbocycles. The van der Waals surface area contributed by atoms with Crippen LogP contribution in [0.1, 0.15) is 5.56 Å². The summed E-state index contributed by atoms with van der Waals surface area (Å²) in [5.41, 5.74) is 2.17. The molecule has 3 nitrogen and oxygen atoms in total. The second-order valence-corrected chi connectivity index (χ2v) is 5.63. The summed E-state index contributed by atoms with van der Waals surface area (Å²) in [5, 5.41) is 4.11. The minimum atomic E-state index is 0.721. The first-order valence-corrected chi connectivity index (χ1v) is 7.05. The molecule has 0 aliphatic rings. The number of hydrogen-bond acceptors (Lipinski definition) is 3. The van der Waals surface area contributed by atoms with Gasteiger partial charge in [-0.05, 0) is 45.8 Å². The van der Waals surface area contributed by atoms with E-state index in [2.05, 4.69) is 26.2 Å². The minimum absolute atomic E-state index is 0.721. The highest BCUT2D eigenvalue weighted by Crippen LogP contribution is 2.25. The predicted octanol–water partition coefficient (Wildman–Crippen LogP) is 4.18. The molecular formula is C14H15BrClN3. The normalized spacial score (nSPS) is 10.3. The Kier molecular flexibility index (Phi) is 4.66. The fourth-order valence-electron chi connectivity index (χ4n) is 1.74. The van der Waals surface area contributed by atoms with Crippen molar-refractivity contribution in [2.75, 3.05) is 24.3 Å². The van der Waals surface area contributed by atoms with Crippen LogP contribution in [-0.2, 0) is 6.54 Å². The molecule has 0 bridgehead atoms. The lowest BCUT2D eigenvalue weighted by atomic mass is 10.2. The molecule has 100 valence electrons. The van der Waals surface area contributed by atoms with Gasteiger partial charge in [0.1, 0.15) is 0 Å². The van der Waals surface area contributed by atoms with Gasteiger partial charge in [-0.25, -0.2) is 4.98 Å². The molecule has 2 rings (SSSR count). The highest BCUT2D eigenvalue weighted by atomic mass is 79.9. The Labute approximate surface area is 126 Å². The Morgan fingerprint density at radius 1 is 1.32 bits per heavy atom. The van der Waals surface area contributed by atoms with Crippen molar-refractivity contribution in [2.24, 2.45) is 0 Å². The average molecular weight is 341 g/mol. The van der Waals surface area contributed by atoms with Crippen LogP contribution in [0, 0.1) is 0 Å². The van der Waals surface area contributed by atoms with Crippen LogP contribution in [0.4, 0.5) is 11.5 Å². The predicted molar refractivity (Wildman–Crippen MR) is 85.0 cm³/mol. The molecule has 0 atom stereocenters. The molecule has 0 amide bonds. The van der Waals surface area contributed by atoms with Crippen molar-refractivity contribution in [2.45, 2.75) is 6.54 Å². The number of nitrogens with zero attached hydrogens (tertiary/aromatic N) is 2. The van der Waals surface area contributed by atoms with Gasteiger partial charge in [0.15, 0.2) is 5.82 Å². The van der Waals surface area contributed by atoms with Gasteiger partial charge < -0.3 is 10.2 Å². The third kappa shape index (κ3) is 3.61. The third-order valence-corrected chi connectivity index (χ3v) is 3.89. The zero-order valence-corrected chi connectivity index (χ0v) is 13.2. The minimum Gasteiger partial charge on any atom is -0.378 e. The first-order chi connectivity index (χ1) is 9.08. The number of benzene rings is 1. The number of hydrogen-bond donors (Lipinski definition) is 1. The van der Waals surface area contributed by atoms with Crippen molar-refractivity contribution < 1.29 is 0 Å². The van der Waals surface area contributed by atoms with Gasteiger partial charge in [-0.15, -0.1) is 0 Å². The van der Waals surface area contributed by atoms with Crippen molar-refractivity contribution in [3.63, 3.8) is 0 Å². The molecule has 1 N–H and O–H groups in total. The van der Waals surface area contributed by atoms with Gasteiger partial charge >= 0.3 is 0 Å². The van der Waals surface area contributed by atoms with E-state index in [4.69, 9.17) is 11.6 Å². The number of halogens is 2. The van der Waals surface area contributed by atoms with Gasteiger partial charge in [-0.1, -0.05) is 17.7 Å². The molecule has 0 aliphatic carbocycles. The van der Waals surface area contributed by atoms with E-state index in [0.717, 1.165) is 33.1 Å². The summed E-state index contributed by atoms with van der Waals surface area (Å²) in [6.07, 6.45) is 1.79. The maximum absolute atomic E-state index is 5.98. The Bertz CT molecular complexity index is 572. The van der Waals surface area contributed by atoms with Crippen molar-refractivity contribution in [3.8, 4) is 0 Å². The number of nitrogens with one attached hydrogen (secondary N) is 1. The lowest BCUT2D eigenvalue weighted by Gasteiger charge is -2.17. The van der Waals surface area contributed by atoms with Crippen molar-refractivity contribution in [1.82, 2.24) is 4.98 Å². The van der Waals surface area contributed by atoms with E-state index < -0.39 is 0 Å². The van der Waals surface area contributed by atoms with E-state index in [1.807, 2.05) is 49.3 Å². The maximum atomic E-state index is 5.98. The van der Waals surface area contributed by atoms with Gasteiger partial charge in [0.25, 0.3) is 0 Å². The smallest absolute Gasteiger partial charge is 0.151 e. The number of aromatic nitrogens is 1. The van der Waals surface area contributed by atoms with E-state index in [0.29, 0.717) is 0 Å². The molecule has 1 aromatic carbocycles. The van der Waals surface area contributed by atoms with E-state index in [1.165, 1.54) is 0 Å². The fourth-order valence-corrected chi connectivity index (χ4v) is 2.28. The van der Waals surface area contributed by atoms with Crippen molar-refractivity contribution >= 4 is 39.0 Å². The Morgan fingerprint density at radius 2 is 2.11 bits per heavy atom. The lowest BCUT2D eigenvalue weighted by molar-refractivity contribution is 1.05. The second kappa shape index (κ2) is 6.26. The Morgan fingerprint density at radius 3 is 2.79 bits per heavy atom. The van der Waals surface area contributed by atoms with Crippen LogP contribution in [0.3, 0.4) is 0 Å². The van der Waals surface area contributed by atoms with Crippen LogP contribution >= 0.6 is 27.5 Å². The summed E-state index contributed by atoms with van der Waals surface area (Å²) < 4.78 is 0.910. The average Bonchev–Trinajstić information content (AvgIpc) is 2.40. The van der Waals surface area contributed by atoms with Gasteiger partial charge in [0.2, 0.25) is 0 Å². The molecule has 0 radical (unpaired) electrons. The molecule has 5 heteroatoms. The van der Waals surface area contributed by atoms with Crippen LogP contribution in [-0.4, -0.2) is 19.1 Å². The maximum Gasteiger partial charge on any atom is 0.151 e. The van der Waals surface area contributed by atoms with E-state index >= 15 is 0 Å². The zero-order valence-electron chi connectivity index (χ0n) is 10.8. The van der Waals surface area contributed by atoms with Crippen LogP contribution in [0.15, 0.2) is 41.0 Å². The van der Waals surface area contributed by atoms with Gasteiger partial charge in [-0.2, -0.15) is 0 Å². The van der Waals surface area contributed by atoms with Crippen LogP contribution in [0.5, 0.6) is 0 Å². The topological polar surface area (TPSA) is 28.2 Å². The monoisotopic (exact) mass is 339 g/mol. The third-order valence-electron chi connectivity index (χ3n) is 2.68. The molecule has 0 spiro atoms. The van der Waals surface area contributed by atoms with Crippen LogP contribution in [0.25, 0.3) is 0 Å². The second-order valence-electron chi connectivity index (χ2n) is 4.37. The summed E-state index contributed by atoms with van der Waals surface area (Å²) in [4.78, 5) is 6.34. The molecule has 2 aromatic rings. The molecule has 19 heavy (non-hydrogen) atoms. The summed E-state index contributed by atoms with van der Waals surface area (Å²) in [6.45, 7) is 0.725. The number of rotatable bonds is 4. The summed E-state index contributed by atoms with van der Waals surface area (Å²) >= 11 is 9.41. The Hall–Kier alpha value is -1.26. The molecule has 0 saturated heterocycles. The molecule has 0 unspecified atom stereocenters. The molecule has 0 fully saturated rings. The molecule has 1 heterocycles. The highest BCUT2D eigenvalue weighted by molar-refractivity contribution is 9.10. The van der Waals surface area contributed by atoms with Gasteiger partial charge in [0.05, 0.1) is 10.7 Å². The summed E-state index contributed by atoms with van der Waals surface area (Å²) in [5.74, 6) is 0.926. The highest BCUT2D eigenvalue weighted by Gasteiger charge is 2.05. The quantitative estimate of drug-likeness (QED) is 0.905. The van der Waals surface area contributed by atoms with E-state index in [9.17, 15) is 0 Å². The number of pyridine rings is 1. The standard InChI is InChI=1S/C14H15BrClN3/c1-19(2)14-13(4-3-7-17-14)18-9-10-5-6-12(16)11(15)8-10/h3-8,18H,9H2,1-2H3. The first kappa shape index (κ1) is 14.2. The molecular weight excluding hydrogens is 326 g/mol. The molecule has 1 aromatic heterocycles. The zero-order chi connectivity index (χ0) is 13.8. The SMILES string of the molecule is CN(C)c1ncccc1NCc1ccc(Cl)c(Br)c1. The van der Waals surface area contributed by atoms with E-state index in [-0.39, 0.29) is 0 Å². The van der Waals surface area contributed by atoms with Crippen molar-refractivity contribution in [3.05, 3.63) is 51.6 Å². The number of anilines is 2. The van der Waals surface area contributed by atoms with Gasteiger partial charge in [0, 0.05) is 31.3 Å². The van der Waals surface area contributed by atoms with Crippen LogP contribution < -0.4 is 10.2 Å².